The minimum absolute atomic E-state index is 0.0154. The standard InChI is InChI=1S/C26H27F2N3O3/c1-26(2,13-34-3)24-23(14-4-5-15(8-14)25(32)33)18-11-21-16(12-29-30-21)9-22(18)31(24)17-6-7-19(27)20(28)10-17/h6-7,9-12,14-15H,4-5,8,13H2,1-3H3,(H,29,30)(H,32,33)/t14-,15?/m1/s1. The number of aliphatic carboxylic acids is 1. The molecule has 2 aromatic carbocycles. The number of carboxylic acid groups (broad SMARTS) is 1. The molecular weight excluding hydrogens is 440 g/mol. The molecule has 0 bridgehead atoms. The fraction of sp³-hybridized carbons (Fsp3) is 0.385. The van der Waals surface area contributed by atoms with Crippen LogP contribution >= 0.6 is 0 Å². The Hall–Kier alpha value is -3.26. The Morgan fingerprint density at radius 1 is 1.24 bits per heavy atom. The number of fused-ring (bicyclic) bond motifs is 2. The molecule has 2 N–H and O–H groups in total. The molecule has 1 aliphatic carbocycles. The van der Waals surface area contributed by atoms with Crippen LogP contribution in [0.15, 0.2) is 36.5 Å². The minimum Gasteiger partial charge on any atom is -0.481 e. The molecule has 0 spiro atoms. The van der Waals surface area contributed by atoms with Crippen molar-refractivity contribution in [3.63, 3.8) is 0 Å². The molecule has 0 saturated heterocycles. The van der Waals surface area contributed by atoms with Gasteiger partial charge >= 0.3 is 5.97 Å². The van der Waals surface area contributed by atoms with Crippen LogP contribution in [0.4, 0.5) is 8.78 Å². The number of benzene rings is 2. The van der Waals surface area contributed by atoms with Crippen LogP contribution in [0.2, 0.25) is 0 Å². The molecule has 0 radical (unpaired) electrons. The second-order valence-electron chi connectivity index (χ2n) is 9.88. The molecule has 5 rings (SSSR count). The van der Waals surface area contributed by atoms with E-state index >= 15 is 0 Å². The van der Waals surface area contributed by atoms with Crippen molar-refractivity contribution in [2.24, 2.45) is 5.92 Å². The number of rotatable bonds is 6. The monoisotopic (exact) mass is 467 g/mol. The summed E-state index contributed by atoms with van der Waals surface area (Å²) in [6.07, 6.45) is 3.61. The smallest absolute Gasteiger partial charge is 0.306 e. The van der Waals surface area contributed by atoms with Gasteiger partial charge in [0.2, 0.25) is 0 Å². The minimum atomic E-state index is -0.924. The lowest BCUT2D eigenvalue weighted by Gasteiger charge is -2.29. The lowest BCUT2D eigenvalue weighted by molar-refractivity contribution is -0.141. The van der Waals surface area contributed by atoms with Crippen LogP contribution in [0.3, 0.4) is 0 Å². The maximum absolute atomic E-state index is 14.4. The van der Waals surface area contributed by atoms with Crippen LogP contribution < -0.4 is 0 Å². The number of H-pyrrole nitrogens is 1. The molecule has 34 heavy (non-hydrogen) atoms. The van der Waals surface area contributed by atoms with E-state index in [0.29, 0.717) is 25.1 Å². The molecule has 1 unspecified atom stereocenters. The number of hydrogen-bond donors (Lipinski definition) is 2. The fourth-order valence-corrected chi connectivity index (χ4v) is 5.62. The number of ether oxygens (including phenoxy) is 1. The summed E-state index contributed by atoms with van der Waals surface area (Å²) in [7, 11) is 1.64. The first kappa shape index (κ1) is 22.5. The van der Waals surface area contributed by atoms with Gasteiger partial charge in [-0.2, -0.15) is 5.10 Å². The molecule has 0 amide bonds. The molecule has 4 aromatic rings. The van der Waals surface area contributed by atoms with Crippen LogP contribution in [0.5, 0.6) is 0 Å². The first-order valence-corrected chi connectivity index (χ1v) is 11.4. The van der Waals surface area contributed by atoms with Gasteiger partial charge in [-0.3, -0.25) is 9.89 Å². The lowest BCUT2D eigenvalue weighted by Crippen LogP contribution is -2.28. The van der Waals surface area contributed by atoms with Crippen LogP contribution in [0.25, 0.3) is 27.5 Å². The van der Waals surface area contributed by atoms with Crippen molar-refractivity contribution in [2.45, 2.75) is 44.4 Å². The van der Waals surface area contributed by atoms with Gasteiger partial charge in [0.05, 0.1) is 29.8 Å². The third-order valence-electron chi connectivity index (χ3n) is 7.06. The average Bonchev–Trinajstić information content (AvgIpc) is 3.50. The normalized spacial score (nSPS) is 18.9. The summed E-state index contributed by atoms with van der Waals surface area (Å²) in [6.45, 7) is 4.51. The Bertz CT molecular complexity index is 1410. The van der Waals surface area contributed by atoms with Gasteiger partial charge in [0.1, 0.15) is 0 Å². The van der Waals surface area contributed by atoms with Crippen molar-refractivity contribution in [1.29, 1.82) is 0 Å². The van der Waals surface area contributed by atoms with Gasteiger partial charge in [0, 0.05) is 40.7 Å². The van der Waals surface area contributed by atoms with Crippen molar-refractivity contribution in [3.05, 3.63) is 59.4 Å². The van der Waals surface area contributed by atoms with E-state index in [0.717, 1.165) is 45.6 Å². The van der Waals surface area contributed by atoms with Gasteiger partial charge in [0.15, 0.2) is 11.6 Å². The number of methoxy groups -OCH3 is 1. The highest BCUT2D eigenvalue weighted by Crippen LogP contribution is 2.48. The fourth-order valence-electron chi connectivity index (χ4n) is 5.62. The van der Waals surface area contributed by atoms with E-state index in [-0.39, 0.29) is 5.92 Å². The number of nitrogens with zero attached hydrogens (tertiary/aromatic N) is 2. The van der Waals surface area contributed by atoms with Gasteiger partial charge in [-0.1, -0.05) is 13.8 Å². The highest BCUT2D eigenvalue weighted by molar-refractivity contribution is 5.99. The summed E-state index contributed by atoms with van der Waals surface area (Å²) >= 11 is 0. The second kappa shape index (κ2) is 8.20. The molecule has 2 atom stereocenters. The number of nitrogens with one attached hydrogen (secondary N) is 1. The van der Waals surface area contributed by atoms with Gasteiger partial charge in [0.25, 0.3) is 0 Å². The first-order valence-electron chi connectivity index (χ1n) is 11.4. The Morgan fingerprint density at radius 2 is 2.03 bits per heavy atom. The summed E-state index contributed by atoms with van der Waals surface area (Å²) in [5.74, 6) is -2.99. The molecule has 2 heterocycles. The highest BCUT2D eigenvalue weighted by atomic mass is 19.2. The van der Waals surface area contributed by atoms with Crippen LogP contribution in [0.1, 0.15) is 50.3 Å². The Balaban J connectivity index is 1.88. The number of carboxylic acids is 1. The summed E-state index contributed by atoms with van der Waals surface area (Å²) < 4.78 is 35.8. The van der Waals surface area contributed by atoms with Gasteiger partial charge in [-0.05, 0) is 55.0 Å². The number of carbonyl (C=O) groups is 1. The predicted molar refractivity (Wildman–Crippen MR) is 125 cm³/mol. The number of hydrogen-bond acceptors (Lipinski definition) is 3. The number of aromatic nitrogens is 3. The predicted octanol–water partition coefficient (Wildman–Crippen LogP) is 5.68. The topological polar surface area (TPSA) is 80.1 Å². The van der Waals surface area contributed by atoms with Crippen LogP contribution in [-0.4, -0.2) is 39.6 Å². The van der Waals surface area contributed by atoms with E-state index in [9.17, 15) is 18.7 Å². The first-order chi connectivity index (χ1) is 16.2. The zero-order chi connectivity index (χ0) is 24.2. The Morgan fingerprint density at radius 3 is 2.71 bits per heavy atom. The van der Waals surface area contributed by atoms with Crippen molar-refractivity contribution >= 4 is 27.8 Å². The molecule has 1 aliphatic rings. The second-order valence-corrected chi connectivity index (χ2v) is 9.88. The van der Waals surface area contributed by atoms with Crippen molar-refractivity contribution in [1.82, 2.24) is 14.8 Å². The lowest BCUT2D eigenvalue weighted by atomic mass is 9.82. The van der Waals surface area contributed by atoms with Gasteiger partial charge in [-0.15, -0.1) is 0 Å². The quantitative estimate of drug-likeness (QED) is 0.383. The van der Waals surface area contributed by atoms with Crippen molar-refractivity contribution in [2.75, 3.05) is 13.7 Å². The maximum atomic E-state index is 14.4. The van der Waals surface area contributed by atoms with Crippen LogP contribution in [0, 0.1) is 17.6 Å². The number of aromatic amines is 1. The third kappa shape index (κ3) is 3.57. The molecule has 8 heteroatoms. The molecule has 6 nitrogen and oxygen atoms in total. The summed E-state index contributed by atoms with van der Waals surface area (Å²) in [4.78, 5) is 11.7. The zero-order valence-corrected chi connectivity index (χ0v) is 19.4. The number of halogens is 2. The summed E-state index contributed by atoms with van der Waals surface area (Å²) in [5, 5.41) is 18.7. The van der Waals surface area contributed by atoms with E-state index in [1.165, 1.54) is 6.07 Å². The van der Waals surface area contributed by atoms with Crippen molar-refractivity contribution in [3.8, 4) is 5.69 Å². The summed E-state index contributed by atoms with van der Waals surface area (Å²) in [5.41, 5.74) is 3.67. The van der Waals surface area contributed by atoms with Crippen LogP contribution in [-0.2, 0) is 14.9 Å². The van der Waals surface area contributed by atoms with E-state index in [2.05, 4.69) is 24.0 Å². The van der Waals surface area contributed by atoms with Gasteiger partial charge in [-0.25, -0.2) is 8.78 Å². The van der Waals surface area contributed by atoms with E-state index in [4.69, 9.17) is 4.74 Å². The third-order valence-corrected chi connectivity index (χ3v) is 7.06. The van der Waals surface area contributed by atoms with Crippen molar-refractivity contribution < 1.29 is 23.4 Å². The largest absolute Gasteiger partial charge is 0.481 e. The van der Waals surface area contributed by atoms with E-state index in [1.54, 1.807) is 19.4 Å². The molecule has 2 aromatic heterocycles. The highest BCUT2D eigenvalue weighted by Gasteiger charge is 2.39. The SMILES string of the molecule is COCC(C)(C)c1c([C@@H]2CCC(C(=O)O)C2)c2cc3[nH]ncc3cc2n1-c1ccc(F)c(F)c1. The average molecular weight is 468 g/mol. The zero-order valence-electron chi connectivity index (χ0n) is 19.4. The van der Waals surface area contributed by atoms with E-state index in [1.807, 2.05) is 16.7 Å². The molecule has 1 saturated carbocycles. The maximum Gasteiger partial charge on any atom is 0.306 e. The van der Waals surface area contributed by atoms with E-state index < -0.39 is 28.9 Å². The Kier molecular flexibility index (Phi) is 5.43. The molecule has 0 aliphatic heterocycles. The molecular formula is C26H27F2N3O3. The van der Waals surface area contributed by atoms with Gasteiger partial charge < -0.3 is 14.4 Å². The Labute approximate surface area is 195 Å². The molecule has 1 fully saturated rings. The summed E-state index contributed by atoms with van der Waals surface area (Å²) in [6, 6.07) is 7.94. The molecule has 178 valence electrons.